The number of unbranched alkanes of at least 4 members (excludes halogenated alkanes) is 1. The summed E-state index contributed by atoms with van der Waals surface area (Å²) in [5.74, 6) is -0.864. The monoisotopic (exact) mass is 286 g/mol. The van der Waals surface area contributed by atoms with Crippen LogP contribution in [0.1, 0.15) is 67.2 Å². The molecule has 118 valence electrons. The lowest BCUT2D eigenvalue weighted by Crippen LogP contribution is -2.35. The van der Waals surface area contributed by atoms with E-state index < -0.39 is 12.1 Å². The normalized spacial score (nSPS) is 13.2. The van der Waals surface area contributed by atoms with Crippen LogP contribution < -0.4 is 0 Å². The highest BCUT2D eigenvalue weighted by molar-refractivity contribution is 5.79. The first-order chi connectivity index (χ1) is 9.23. The molecule has 0 amide bonds. The molecular formula is C16H30O4. The third kappa shape index (κ3) is 7.51. The second-order valence-electron chi connectivity index (χ2n) is 6.35. The first-order valence-corrected chi connectivity index (χ1v) is 7.59. The number of esters is 2. The van der Waals surface area contributed by atoms with Gasteiger partial charge in [0.15, 0.2) is 0 Å². The third-order valence-electron chi connectivity index (χ3n) is 3.21. The molecule has 0 aromatic rings. The lowest BCUT2D eigenvalue weighted by atomic mass is 9.84. The highest BCUT2D eigenvalue weighted by Crippen LogP contribution is 2.28. The highest BCUT2D eigenvalue weighted by Gasteiger charge is 2.30. The average Bonchev–Trinajstić information content (AvgIpc) is 2.32. The van der Waals surface area contributed by atoms with Crippen molar-refractivity contribution >= 4 is 11.9 Å². The molecule has 0 fully saturated rings. The molecule has 0 radical (unpaired) electrons. The molecule has 20 heavy (non-hydrogen) atoms. The Labute approximate surface area is 123 Å². The molecule has 4 heteroatoms. The van der Waals surface area contributed by atoms with Gasteiger partial charge in [-0.25, -0.2) is 4.79 Å². The summed E-state index contributed by atoms with van der Waals surface area (Å²) in [6.07, 6.45) is 2.70. The summed E-state index contributed by atoms with van der Waals surface area (Å²) in [6.45, 7) is 12.0. The molecule has 0 saturated carbocycles. The first-order valence-electron chi connectivity index (χ1n) is 7.59. The summed E-state index contributed by atoms with van der Waals surface area (Å²) in [5, 5.41) is 0. The van der Waals surface area contributed by atoms with Crippen LogP contribution in [-0.2, 0) is 19.1 Å². The predicted molar refractivity (Wildman–Crippen MR) is 79.3 cm³/mol. The molecule has 0 spiro atoms. The minimum Gasteiger partial charge on any atom is -0.463 e. The van der Waals surface area contributed by atoms with Gasteiger partial charge in [-0.1, -0.05) is 47.5 Å². The van der Waals surface area contributed by atoms with E-state index in [4.69, 9.17) is 9.47 Å². The molecule has 0 aliphatic carbocycles. The predicted octanol–water partition coefficient (Wildman–Crippen LogP) is 3.72. The Bertz CT molecular complexity index is 308. The van der Waals surface area contributed by atoms with Crippen molar-refractivity contribution in [1.82, 2.24) is 0 Å². The molecule has 0 aromatic carbocycles. The van der Waals surface area contributed by atoms with Gasteiger partial charge in [-0.2, -0.15) is 0 Å². The Morgan fingerprint density at radius 1 is 1.15 bits per heavy atom. The minimum absolute atomic E-state index is 0.0863. The number of carbonyl (C=O) groups is 2. The smallest absolute Gasteiger partial charge is 0.347 e. The Hall–Kier alpha value is -1.06. The molecule has 0 aliphatic heterocycles. The Morgan fingerprint density at radius 3 is 2.20 bits per heavy atom. The van der Waals surface area contributed by atoms with Crippen molar-refractivity contribution in [3.63, 3.8) is 0 Å². The molecule has 4 nitrogen and oxygen atoms in total. The van der Waals surface area contributed by atoms with Crippen molar-refractivity contribution in [3.05, 3.63) is 0 Å². The summed E-state index contributed by atoms with van der Waals surface area (Å²) in [6, 6.07) is 0. The zero-order valence-electron chi connectivity index (χ0n) is 13.8. The van der Waals surface area contributed by atoms with E-state index in [1.54, 1.807) is 6.92 Å². The fourth-order valence-electron chi connectivity index (χ4n) is 2.00. The van der Waals surface area contributed by atoms with Crippen LogP contribution in [0.25, 0.3) is 0 Å². The maximum atomic E-state index is 12.0. The van der Waals surface area contributed by atoms with Gasteiger partial charge < -0.3 is 9.47 Å². The van der Waals surface area contributed by atoms with Crippen molar-refractivity contribution < 1.29 is 19.1 Å². The molecule has 0 rings (SSSR count). The van der Waals surface area contributed by atoms with Gasteiger partial charge in [-0.15, -0.1) is 0 Å². The van der Waals surface area contributed by atoms with E-state index in [1.165, 1.54) is 0 Å². The van der Waals surface area contributed by atoms with E-state index in [-0.39, 0.29) is 17.3 Å². The first kappa shape index (κ1) is 18.9. The molecule has 0 saturated heterocycles. The third-order valence-corrected chi connectivity index (χ3v) is 3.21. The zero-order chi connectivity index (χ0) is 15.8. The maximum Gasteiger partial charge on any atom is 0.347 e. The lowest BCUT2D eigenvalue weighted by molar-refractivity contribution is -0.172. The van der Waals surface area contributed by atoms with Gasteiger partial charge in [0.2, 0.25) is 6.10 Å². The Kier molecular flexibility index (Phi) is 8.51. The van der Waals surface area contributed by atoms with Gasteiger partial charge >= 0.3 is 11.9 Å². The molecule has 0 bridgehead atoms. The zero-order valence-corrected chi connectivity index (χ0v) is 13.8. The molecule has 0 aromatic heterocycles. The van der Waals surface area contributed by atoms with Crippen molar-refractivity contribution in [2.75, 3.05) is 6.61 Å². The molecule has 0 N–H and O–H groups in total. The van der Waals surface area contributed by atoms with Crippen molar-refractivity contribution in [3.8, 4) is 0 Å². The summed E-state index contributed by atoms with van der Waals surface area (Å²) in [4.78, 5) is 23.8. The van der Waals surface area contributed by atoms with E-state index in [0.29, 0.717) is 13.0 Å². The van der Waals surface area contributed by atoms with Crippen LogP contribution in [-0.4, -0.2) is 24.6 Å². The van der Waals surface area contributed by atoms with Crippen LogP contribution in [0.5, 0.6) is 0 Å². The van der Waals surface area contributed by atoms with E-state index in [0.717, 1.165) is 19.3 Å². The van der Waals surface area contributed by atoms with Crippen LogP contribution in [0.15, 0.2) is 0 Å². The van der Waals surface area contributed by atoms with E-state index >= 15 is 0 Å². The Balaban J connectivity index is 4.50. The minimum atomic E-state index is -0.801. The van der Waals surface area contributed by atoms with Crippen molar-refractivity contribution in [2.45, 2.75) is 73.3 Å². The molecule has 1 atom stereocenters. The maximum absolute atomic E-state index is 12.0. The molecule has 0 heterocycles. The van der Waals surface area contributed by atoms with Crippen LogP contribution in [0.3, 0.4) is 0 Å². The van der Waals surface area contributed by atoms with Crippen molar-refractivity contribution in [1.29, 1.82) is 0 Å². The number of rotatable bonds is 9. The molecular weight excluding hydrogens is 256 g/mol. The highest BCUT2D eigenvalue weighted by atomic mass is 16.6. The van der Waals surface area contributed by atoms with E-state index in [1.807, 2.05) is 13.8 Å². The summed E-state index contributed by atoms with van der Waals surface area (Å²) >= 11 is 0. The molecule has 0 aliphatic rings. The van der Waals surface area contributed by atoms with Crippen molar-refractivity contribution in [2.24, 2.45) is 11.3 Å². The quantitative estimate of drug-likeness (QED) is 0.606. The van der Waals surface area contributed by atoms with E-state index in [2.05, 4.69) is 20.8 Å². The van der Waals surface area contributed by atoms with Crippen LogP contribution in [0.4, 0.5) is 0 Å². The SMILES string of the molecule is CCCCC(C)(C)CC(=O)OC(C(=O)OCC)C(C)C. The number of hydrogen-bond acceptors (Lipinski definition) is 4. The largest absolute Gasteiger partial charge is 0.463 e. The van der Waals surface area contributed by atoms with E-state index in [9.17, 15) is 9.59 Å². The fraction of sp³-hybridized carbons (Fsp3) is 0.875. The van der Waals surface area contributed by atoms with Crippen LogP contribution in [0, 0.1) is 11.3 Å². The topological polar surface area (TPSA) is 52.6 Å². The van der Waals surface area contributed by atoms with Gasteiger partial charge in [0.05, 0.1) is 13.0 Å². The van der Waals surface area contributed by atoms with Gasteiger partial charge in [-0.05, 0) is 18.8 Å². The number of hydrogen-bond donors (Lipinski definition) is 0. The summed E-state index contributed by atoms with van der Waals surface area (Å²) in [5.41, 5.74) is -0.0940. The lowest BCUT2D eigenvalue weighted by Gasteiger charge is -2.25. The van der Waals surface area contributed by atoms with Gasteiger partial charge in [-0.3, -0.25) is 4.79 Å². The Morgan fingerprint density at radius 2 is 1.75 bits per heavy atom. The molecule has 1 unspecified atom stereocenters. The van der Waals surface area contributed by atoms with Crippen LogP contribution >= 0.6 is 0 Å². The fourth-order valence-corrected chi connectivity index (χ4v) is 2.00. The van der Waals surface area contributed by atoms with Crippen LogP contribution in [0.2, 0.25) is 0 Å². The second-order valence-corrected chi connectivity index (χ2v) is 6.35. The second kappa shape index (κ2) is 8.98. The standard InChI is InChI=1S/C16H30O4/c1-7-9-10-16(5,6)11-13(17)20-14(12(3)4)15(18)19-8-2/h12,14H,7-11H2,1-6H3. The number of ether oxygens (including phenoxy) is 2. The van der Waals surface area contributed by atoms with Gasteiger partial charge in [0, 0.05) is 5.92 Å². The van der Waals surface area contributed by atoms with Gasteiger partial charge in [0.1, 0.15) is 0 Å². The summed E-state index contributed by atoms with van der Waals surface area (Å²) in [7, 11) is 0. The average molecular weight is 286 g/mol. The number of carbonyl (C=O) groups excluding carboxylic acids is 2. The summed E-state index contributed by atoms with van der Waals surface area (Å²) < 4.78 is 10.3. The van der Waals surface area contributed by atoms with Gasteiger partial charge in [0.25, 0.3) is 0 Å².